The molecular formula is C9H15NO2. The van der Waals surface area contributed by atoms with Crippen molar-refractivity contribution in [2.24, 2.45) is 17.8 Å². The molecule has 1 aliphatic heterocycles. The second-order valence-corrected chi connectivity index (χ2v) is 4.11. The lowest BCUT2D eigenvalue weighted by atomic mass is 9.93. The summed E-state index contributed by atoms with van der Waals surface area (Å²) in [6.07, 6.45) is 2.76. The minimum absolute atomic E-state index is 0.378. The maximum atomic E-state index is 10.5. The normalized spacial score (nSPS) is 39.8. The fourth-order valence-electron chi connectivity index (χ4n) is 2.70. The molecule has 0 amide bonds. The van der Waals surface area contributed by atoms with Gasteiger partial charge in [-0.3, -0.25) is 4.79 Å². The number of carbonyl (C=O) groups is 1. The van der Waals surface area contributed by atoms with E-state index in [1.165, 1.54) is 6.42 Å². The summed E-state index contributed by atoms with van der Waals surface area (Å²) in [6.45, 7) is 2.14. The number of fused-ring (bicyclic) bond motifs is 2. The van der Waals surface area contributed by atoms with Gasteiger partial charge in [0.05, 0.1) is 0 Å². The van der Waals surface area contributed by atoms with Crippen LogP contribution in [0.1, 0.15) is 19.3 Å². The zero-order valence-electron chi connectivity index (χ0n) is 7.12. The summed E-state index contributed by atoms with van der Waals surface area (Å²) in [4.78, 5) is 10.5. The summed E-state index contributed by atoms with van der Waals surface area (Å²) in [5.41, 5.74) is 0. The van der Waals surface area contributed by atoms with Gasteiger partial charge in [-0.25, -0.2) is 0 Å². The molecule has 2 rings (SSSR count). The number of hydrogen-bond acceptors (Lipinski definition) is 2. The predicted octanol–water partition coefficient (Wildman–Crippen LogP) is 0.707. The molecule has 3 heteroatoms. The quantitative estimate of drug-likeness (QED) is 0.640. The van der Waals surface area contributed by atoms with Gasteiger partial charge in [0.25, 0.3) is 0 Å². The molecule has 1 saturated carbocycles. The fraction of sp³-hybridized carbons (Fsp3) is 0.889. The van der Waals surface area contributed by atoms with E-state index in [1.807, 2.05) is 0 Å². The van der Waals surface area contributed by atoms with Crippen LogP contribution >= 0.6 is 0 Å². The number of carboxylic acids is 1. The topological polar surface area (TPSA) is 49.3 Å². The van der Waals surface area contributed by atoms with Crippen molar-refractivity contribution in [3.63, 3.8) is 0 Å². The minimum Gasteiger partial charge on any atom is -0.481 e. The Labute approximate surface area is 72.2 Å². The molecule has 2 aliphatic rings. The lowest BCUT2D eigenvalue weighted by Crippen LogP contribution is -2.32. The molecule has 68 valence electrons. The Balaban J connectivity index is 1.95. The van der Waals surface area contributed by atoms with Crippen LogP contribution in [0, 0.1) is 17.8 Å². The third kappa shape index (κ3) is 1.46. The van der Waals surface area contributed by atoms with E-state index < -0.39 is 5.97 Å². The zero-order chi connectivity index (χ0) is 8.55. The van der Waals surface area contributed by atoms with Crippen molar-refractivity contribution in [3.8, 4) is 0 Å². The van der Waals surface area contributed by atoms with Gasteiger partial charge < -0.3 is 10.4 Å². The molecule has 2 fully saturated rings. The molecule has 0 unspecified atom stereocenters. The van der Waals surface area contributed by atoms with Crippen molar-refractivity contribution in [1.29, 1.82) is 0 Å². The second-order valence-electron chi connectivity index (χ2n) is 4.11. The molecule has 0 radical (unpaired) electrons. The Morgan fingerprint density at radius 1 is 1.42 bits per heavy atom. The minimum atomic E-state index is -0.632. The van der Waals surface area contributed by atoms with Crippen LogP contribution in [-0.4, -0.2) is 24.2 Å². The van der Waals surface area contributed by atoms with Gasteiger partial charge in [-0.15, -0.1) is 0 Å². The molecule has 2 N–H and O–H groups in total. The third-order valence-corrected chi connectivity index (χ3v) is 3.22. The average Bonchev–Trinajstić information content (AvgIpc) is 2.26. The van der Waals surface area contributed by atoms with Crippen molar-refractivity contribution in [3.05, 3.63) is 0 Å². The smallest absolute Gasteiger partial charge is 0.303 e. The number of nitrogens with one attached hydrogen (secondary N) is 1. The van der Waals surface area contributed by atoms with Crippen molar-refractivity contribution >= 4 is 5.97 Å². The fourth-order valence-corrected chi connectivity index (χ4v) is 2.70. The maximum Gasteiger partial charge on any atom is 0.303 e. The van der Waals surface area contributed by atoms with E-state index in [9.17, 15) is 4.79 Å². The highest BCUT2D eigenvalue weighted by Gasteiger charge is 2.37. The van der Waals surface area contributed by atoms with Crippen LogP contribution in [0.3, 0.4) is 0 Å². The molecule has 0 aromatic rings. The number of carboxylic acid groups (broad SMARTS) is 1. The van der Waals surface area contributed by atoms with Crippen molar-refractivity contribution < 1.29 is 9.90 Å². The number of piperidine rings is 1. The van der Waals surface area contributed by atoms with E-state index >= 15 is 0 Å². The monoisotopic (exact) mass is 169 g/mol. The van der Waals surface area contributed by atoms with Gasteiger partial charge in [0, 0.05) is 6.42 Å². The van der Waals surface area contributed by atoms with Crippen LogP contribution in [0.5, 0.6) is 0 Å². The first-order valence-electron chi connectivity index (χ1n) is 4.68. The van der Waals surface area contributed by atoms with Crippen molar-refractivity contribution in [2.75, 3.05) is 13.1 Å². The Morgan fingerprint density at radius 2 is 2.25 bits per heavy atom. The van der Waals surface area contributed by atoms with Gasteiger partial charge in [-0.1, -0.05) is 0 Å². The average molecular weight is 169 g/mol. The molecule has 1 saturated heterocycles. The van der Waals surface area contributed by atoms with Crippen LogP contribution in [0.25, 0.3) is 0 Å². The molecule has 0 aromatic carbocycles. The zero-order valence-corrected chi connectivity index (χ0v) is 7.12. The van der Waals surface area contributed by atoms with Crippen LogP contribution in [0.15, 0.2) is 0 Å². The SMILES string of the molecule is O=C(O)C[C@@H]1C[C@@H]2CNC[C@H]1C2. The van der Waals surface area contributed by atoms with Crippen molar-refractivity contribution in [2.45, 2.75) is 19.3 Å². The van der Waals surface area contributed by atoms with E-state index in [1.54, 1.807) is 0 Å². The summed E-state index contributed by atoms with van der Waals surface area (Å²) in [7, 11) is 0. The first-order valence-corrected chi connectivity index (χ1v) is 4.68. The summed E-state index contributed by atoms with van der Waals surface area (Å²) in [5, 5.41) is 12.0. The first kappa shape index (κ1) is 8.05. The highest BCUT2D eigenvalue weighted by Crippen LogP contribution is 2.39. The number of hydrogen-bond donors (Lipinski definition) is 2. The molecule has 3 atom stereocenters. The summed E-state index contributed by atoms with van der Waals surface area (Å²) < 4.78 is 0. The van der Waals surface area contributed by atoms with Crippen LogP contribution in [-0.2, 0) is 4.79 Å². The highest BCUT2D eigenvalue weighted by molar-refractivity contribution is 5.67. The van der Waals surface area contributed by atoms with Gasteiger partial charge in [0.1, 0.15) is 0 Å². The van der Waals surface area contributed by atoms with E-state index in [0.717, 1.165) is 25.4 Å². The molecule has 12 heavy (non-hydrogen) atoms. The Hall–Kier alpha value is -0.570. The molecular weight excluding hydrogens is 154 g/mol. The summed E-state index contributed by atoms with van der Waals surface area (Å²) >= 11 is 0. The summed E-state index contributed by atoms with van der Waals surface area (Å²) in [5.74, 6) is 1.21. The number of rotatable bonds is 2. The first-order chi connectivity index (χ1) is 5.75. The molecule has 3 nitrogen and oxygen atoms in total. The van der Waals surface area contributed by atoms with E-state index in [2.05, 4.69) is 5.32 Å². The third-order valence-electron chi connectivity index (χ3n) is 3.22. The molecule has 1 heterocycles. The Kier molecular flexibility index (Phi) is 2.05. The predicted molar refractivity (Wildman–Crippen MR) is 44.8 cm³/mol. The van der Waals surface area contributed by atoms with Gasteiger partial charge in [0.15, 0.2) is 0 Å². The number of aliphatic carboxylic acids is 1. The van der Waals surface area contributed by atoms with Crippen LogP contribution in [0.2, 0.25) is 0 Å². The molecule has 2 bridgehead atoms. The lowest BCUT2D eigenvalue weighted by Gasteiger charge is -2.21. The van der Waals surface area contributed by atoms with Gasteiger partial charge in [-0.2, -0.15) is 0 Å². The lowest BCUT2D eigenvalue weighted by molar-refractivity contribution is -0.138. The molecule has 1 aliphatic carbocycles. The Bertz CT molecular complexity index is 193. The summed E-state index contributed by atoms with van der Waals surface area (Å²) in [6, 6.07) is 0. The molecule has 0 spiro atoms. The highest BCUT2D eigenvalue weighted by atomic mass is 16.4. The van der Waals surface area contributed by atoms with Crippen LogP contribution < -0.4 is 5.32 Å². The molecule has 0 aromatic heterocycles. The van der Waals surface area contributed by atoms with Gasteiger partial charge in [-0.05, 0) is 43.7 Å². The van der Waals surface area contributed by atoms with E-state index in [0.29, 0.717) is 18.3 Å². The second kappa shape index (κ2) is 3.05. The van der Waals surface area contributed by atoms with E-state index in [-0.39, 0.29) is 0 Å². The van der Waals surface area contributed by atoms with Gasteiger partial charge >= 0.3 is 5.97 Å². The maximum absolute atomic E-state index is 10.5. The standard InChI is InChI=1S/C9H15NO2/c11-9(12)3-7-1-6-2-8(7)5-10-4-6/h6-8,10H,1-5H2,(H,11,12)/t6-,7-,8+/m0/s1. The Morgan fingerprint density at radius 3 is 2.92 bits per heavy atom. The largest absolute Gasteiger partial charge is 0.481 e. The van der Waals surface area contributed by atoms with Crippen molar-refractivity contribution in [1.82, 2.24) is 5.32 Å². The van der Waals surface area contributed by atoms with Crippen LogP contribution in [0.4, 0.5) is 0 Å². The van der Waals surface area contributed by atoms with Gasteiger partial charge in [0.2, 0.25) is 0 Å². The van der Waals surface area contributed by atoms with E-state index in [4.69, 9.17) is 5.11 Å².